The molecule has 1 aromatic heterocycles. The Balaban J connectivity index is 1.46. The predicted molar refractivity (Wildman–Crippen MR) is 107 cm³/mol. The molecule has 0 saturated carbocycles. The van der Waals surface area contributed by atoms with Crippen LogP contribution in [-0.2, 0) is 13.0 Å². The molecule has 146 valence electrons. The van der Waals surface area contributed by atoms with Gasteiger partial charge in [-0.1, -0.05) is 30.3 Å². The summed E-state index contributed by atoms with van der Waals surface area (Å²) in [4.78, 5) is 16.9. The second-order valence-electron chi connectivity index (χ2n) is 6.59. The highest BCUT2D eigenvalue weighted by Crippen LogP contribution is 2.20. The minimum Gasteiger partial charge on any atom is -0.497 e. The van der Waals surface area contributed by atoms with Gasteiger partial charge in [-0.15, -0.1) is 0 Å². The summed E-state index contributed by atoms with van der Waals surface area (Å²) in [6, 6.07) is 19.1. The number of amides is 1. The van der Waals surface area contributed by atoms with Crippen molar-refractivity contribution in [1.82, 2.24) is 10.3 Å². The van der Waals surface area contributed by atoms with E-state index in [9.17, 15) is 9.18 Å². The number of halogens is 1. The Morgan fingerprint density at radius 1 is 1.10 bits per heavy atom. The number of oxazole rings is 1. The average Bonchev–Trinajstić information content (AvgIpc) is 3.15. The van der Waals surface area contributed by atoms with Gasteiger partial charge in [-0.05, 0) is 47.5 Å². The van der Waals surface area contributed by atoms with Crippen LogP contribution in [0.5, 0.6) is 5.75 Å². The molecule has 0 aliphatic heterocycles. The molecule has 4 aromatic rings. The van der Waals surface area contributed by atoms with Crippen LogP contribution in [0.1, 0.15) is 27.4 Å². The fourth-order valence-electron chi connectivity index (χ4n) is 3.02. The number of methoxy groups -OCH3 is 1. The number of rotatable bonds is 6. The molecule has 1 heterocycles. The molecule has 0 atom stereocenters. The van der Waals surface area contributed by atoms with E-state index in [-0.39, 0.29) is 18.1 Å². The zero-order chi connectivity index (χ0) is 20.2. The van der Waals surface area contributed by atoms with E-state index in [1.165, 1.54) is 6.07 Å². The fourth-order valence-corrected chi connectivity index (χ4v) is 3.02. The second-order valence-corrected chi connectivity index (χ2v) is 6.59. The van der Waals surface area contributed by atoms with Gasteiger partial charge < -0.3 is 14.5 Å². The van der Waals surface area contributed by atoms with E-state index in [1.807, 2.05) is 24.3 Å². The largest absolute Gasteiger partial charge is 0.497 e. The number of carbonyl (C=O) groups excluding carboxylic acids is 1. The summed E-state index contributed by atoms with van der Waals surface area (Å²) in [5.41, 5.74) is 3.07. The Hall–Kier alpha value is -3.67. The quantitative estimate of drug-likeness (QED) is 0.527. The first kappa shape index (κ1) is 18.7. The lowest BCUT2D eigenvalue weighted by molar-refractivity contribution is 0.0951. The van der Waals surface area contributed by atoms with Crippen LogP contribution in [0.2, 0.25) is 0 Å². The van der Waals surface area contributed by atoms with Crippen molar-refractivity contribution in [3.63, 3.8) is 0 Å². The van der Waals surface area contributed by atoms with Crippen LogP contribution < -0.4 is 10.1 Å². The first-order valence-corrected chi connectivity index (χ1v) is 9.16. The Morgan fingerprint density at radius 2 is 1.90 bits per heavy atom. The SMILES string of the molecule is COc1ccc(CNC(=O)c2ccc3nc(Cc4ccccc4F)oc3c2)cc1. The van der Waals surface area contributed by atoms with Crippen molar-refractivity contribution in [1.29, 1.82) is 0 Å². The van der Waals surface area contributed by atoms with Gasteiger partial charge >= 0.3 is 0 Å². The third-order valence-corrected chi connectivity index (χ3v) is 4.61. The number of hydrogen-bond donors (Lipinski definition) is 1. The average molecular weight is 390 g/mol. The highest BCUT2D eigenvalue weighted by atomic mass is 19.1. The van der Waals surface area contributed by atoms with Crippen molar-refractivity contribution < 1.29 is 18.3 Å². The summed E-state index contributed by atoms with van der Waals surface area (Å²) < 4.78 is 24.7. The van der Waals surface area contributed by atoms with Crippen LogP contribution in [-0.4, -0.2) is 18.0 Å². The van der Waals surface area contributed by atoms with Gasteiger partial charge in [-0.3, -0.25) is 4.79 Å². The highest BCUT2D eigenvalue weighted by Gasteiger charge is 2.12. The molecule has 0 spiro atoms. The lowest BCUT2D eigenvalue weighted by Gasteiger charge is -2.06. The lowest BCUT2D eigenvalue weighted by Crippen LogP contribution is -2.22. The Labute approximate surface area is 167 Å². The summed E-state index contributed by atoms with van der Waals surface area (Å²) in [6.07, 6.45) is 0.250. The molecule has 0 fully saturated rings. The van der Waals surface area contributed by atoms with Crippen LogP contribution in [0, 0.1) is 5.82 Å². The van der Waals surface area contributed by atoms with Gasteiger partial charge in [0.05, 0.1) is 13.5 Å². The Morgan fingerprint density at radius 3 is 2.66 bits per heavy atom. The summed E-state index contributed by atoms with van der Waals surface area (Å²) in [5.74, 6) is 0.658. The van der Waals surface area contributed by atoms with Gasteiger partial charge in [0.25, 0.3) is 5.91 Å². The van der Waals surface area contributed by atoms with Gasteiger partial charge in [0.15, 0.2) is 11.5 Å². The smallest absolute Gasteiger partial charge is 0.251 e. The Bertz CT molecular complexity index is 1150. The molecule has 5 nitrogen and oxygen atoms in total. The van der Waals surface area contributed by atoms with Gasteiger partial charge in [0.1, 0.15) is 17.1 Å². The van der Waals surface area contributed by atoms with E-state index in [4.69, 9.17) is 9.15 Å². The predicted octanol–water partition coefficient (Wildman–Crippen LogP) is 4.50. The van der Waals surface area contributed by atoms with Crippen molar-refractivity contribution in [2.24, 2.45) is 0 Å². The zero-order valence-electron chi connectivity index (χ0n) is 15.8. The van der Waals surface area contributed by atoms with Crippen LogP contribution in [0.25, 0.3) is 11.1 Å². The monoisotopic (exact) mass is 390 g/mol. The molecule has 0 saturated heterocycles. The second kappa shape index (κ2) is 8.14. The number of nitrogens with zero attached hydrogens (tertiary/aromatic N) is 1. The molecule has 4 rings (SSSR count). The summed E-state index contributed by atoms with van der Waals surface area (Å²) >= 11 is 0. The highest BCUT2D eigenvalue weighted by molar-refractivity contribution is 5.97. The van der Waals surface area contributed by atoms with Gasteiger partial charge in [-0.25, -0.2) is 9.37 Å². The van der Waals surface area contributed by atoms with Gasteiger partial charge in [-0.2, -0.15) is 0 Å². The number of benzene rings is 3. The number of aromatic nitrogens is 1. The summed E-state index contributed by atoms with van der Waals surface area (Å²) in [7, 11) is 1.61. The molecule has 0 radical (unpaired) electrons. The third kappa shape index (κ3) is 4.27. The van der Waals surface area contributed by atoms with Crippen LogP contribution in [0.3, 0.4) is 0 Å². The lowest BCUT2D eigenvalue weighted by atomic mass is 10.1. The molecule has 3 aromatic carbocycles. The van der Waals surface area contributed by atoms with E-state index in [2.05, 4.69) is 10.3 Å². The van der Waals surface area contributed by atoms with Crippen LogP contribution >= 0.6 is 0 Å². The minimum atomic E-state index is -0.298. The van der Waals surface area contributed by atoms with Gasteiger partial charge in [0, 0.05) is 12.1 Å². The fraction of sp³-hybridized carbons (Fsp3) is 0.130. The van der Waals surface area contributed by atoms with Crippen molar-refractivity contribution in [3.8, 4) is 5.75 Å². The van der Waals surface area contributed by atoms with E-state index >= 15 is 0 Å². The minimum absolute atomic E-state index is 0.213. The van der Waals surface area contributed by atoms with E-state index in [0.29, 0.717) is 34.7 Å². The number of carbonyl (C=O) groups is 1. The van der Waals surface area contributed by atoms with E-state index in [0.717, 1.165) is 11.3 Å². The van der Waals surface area contributed by atoms with Crippen LogP contribution in [0.15, 0.2) is 71.1 Å². The maximum Gasteiger partial charge on any atom is 0.251 e. The Kier molecular flexibility index (Phi) is 5.24. The number of ether oxygens (including phenoxy) is 1. The van der Waals surface area contributed by atoms with Gasteiger partial charge in [0.2, 0.25) is 0 Å². The molecule has 0 aliphatic rings. The molecule has 1 N–H and O–H groups in total. The van der Waals surface area contributed by atoms with E-state index in [1.54, 1.807) is 43.5 Å². The zero-order valence-corrected chi connectivity index (χ0v) is 15.8. The molecule has 0 bridgehead atoms. The molecular weight excluding hydrogens is 371 g/mol. The van der Waals surface area contributed by atoms with Crippen molar-refractivity contribution in [2.75, 3.05) is 7.11 Å². The molecular formula is C23H19FN2O3. The standard InChI is InChI=1S/C23H19FN2O3/c1-28-18-9-6-15(7-10-18)14-25-23(27)17-8-11-20-21(12-17)29-22(26-20)13-16-4-2-3-5-19(16)24/h2-12H,13-14H2,1H3,(H,25,27). The topological polar surface area (TPSA) is 64.4 Å². The summed E-state index contributed by atoms with van der Waals surface area (Å²) in [6.45, 7) is 0.399. The molecule has 29 heavy (non-hydrogen) atoms. The number of hydrogen-bond acceptors (Lipinski definition) is 4. The maximum atomic E-state index is 13.8. The van der Waals surface area contributed by atoms with Crippen molar-refractivity contribution in [3.05, 3.63) is 95.1 Å². The first-order chi connectivity index (χ1) is 14.1. The number of nitrogens with one attached hydrogen (secondary N) is 1. The summed E-state index contributed by atoms with van der Waals surface area (Å²) in [5, 5.41) is 2.88. The molecule has 0 unspecified atom stereocenters. The molecule has 0 aliphatic carbocycles. The van der Waals surface area contributed by atoms with Crippen LogP contribution in [0.4, 0.5) is 4.39 Å². The molecule has 1 amide bonds. The normalized spacial score (nSPS) is 10.8. The van der Waals surface area contributed by atoms with Crippen molar-refractivity contribution in [2.45, 2.75) is 13.0 Å². The molecule has 6 heteroatoms. The third-order valence-electron chi connectivity index (χ3n) is 4.61. The first-order valence-electron chi connectivity index (χ1n) is 9.16. The van der Waals surface area contributed by atoms with Crippen molar-refractivity contribution >= 4 is 17.0 Å². The van der Waals surface area contributed by atoms with E-state index < -0.39 is 0 Å². The number of fused-ring (bicyclic) bond motifs is 1. The maximum absolute atomic E-state index is 13.8.